The van der Waals surface area contributed by atoms with Crippen LogP contribution in [-0.2, 0) is 0 Å². The van der Waals surface area contributed by atoms with Crippen molar-refractivity contribution in [2.45, 2.75) is 19.8 Å². The summed E-state index contributed by atoms with van der Waals surface area (Å²) < 4.78 is 0. The number of hydrogen-bond acceptors (Lipinski definition) is 4. The van der Waals surface area contributed by atoms with E-state index in [1.807, 2.05) is 37.3 Å². The van der Waals surface area contributed by atoms with Crippen molar-refractivity contribution in [2.75, 3.05) is 23.3 Å². The molecule has 0 spiro atoms. The number of rotatable bonds is 3. The number of hydrogen-bond donors (Lipinski definition) is 1. The van der Waals surface area contributed by atoms with Crippen molar-refractivity contribution in [1.82, 2.24) is 9.97 Å². The lowest BCUT2D eigenvalue weighted by Crippen LogP contribution is -2.19. The lowest BCUT2D eigenvalue weighted by molar-refractivity contribution is 0.912. The van der Waals surface area contributed by atoms with Crippen LogP contribution in [0.4, 0.5) is 17.3 Å². The number of nitrogens with zero attached hydrogens (tertiary/aromatic N) is 3. The maximum Gasteiger partial charge on any atom is 0.136 e. The fourth-order valence-corrected chi connectivity index (χ4v) is 2.53. The lowest BCUT2D eigenvalue weighted by atomic mass is 10.3. The quantitative estimate of drug-likeness (QED) is 0.933. The highest BCUT2D eigenvalue weighted by Crippen LogP contribution is 2.23. The van der Waals surface area contributed by atoms with Crippen molar-refractivity contribution in [2.24, 2.45) is 0 Å². The number of aromatic nitrogens is 2. The van der Waals surface area contributed by atoms with E-state index in [-0.39, 0.29) is 0 Å². The first-order chi connectivity index (χ1) is 9.70. The van der Waals surface area contributed by atoms with Crippen LogP contribution in [0.2, 0.25) is 5.02 Å². The Morgan fingerprint density at radius 1 is 1.10 bits per heavy atom. The van der Waals surface area contributed by atoms with Gasteiger partial charge in [0, 0.05) is 29.9 Å². The molecule has 1 aromatic carbocycles. The molecule has 2 heterocycles. The smallest absolute Gasteiger partial charge is 0.136 e. The van der Waals surface area contributed by atoms with Crippen LogP contribution in [0.5, 0.6) is 0 Å². The second-order valence-corrected chi connectivity index (χ2v) is 5.42. The van der Waals surface area contributed by atoms with Gasteiger partial charge in [-0.3, -0.25) is 0 Å². The minimum absolute atomic E-state index is 0.729. The van der Waals surface area contributed by atoms with Gasteiger partial charge < -0.3 is 10.2 Å². The van der Waals surface area contributed by atoms with Crippen LogP contribution in [0.25, 0.3) is 0 Å². The molecule has 0 radical (unpaired) electrons. The molecule has 1 aromatic heterocycles. The molecule has 3 rings (SSSR count). The summed E-state index contributed by atoms with van der Waals surface area (Å²) in [5, 5.41) is 4.03. The normalized spacial score (nSPS) is 14.6. The van der Waals surface area contributed by atoms with Gasteiger partial charge in [-0.25, -0.2) is 9.97 Å². The molecule has 1 fully saturated rings. The van der Waals surface area contributed by atoms with Crippen molar-refractivity contribution in [3.63, 3.8) is 0 Å². The van der Waals surface area contributed by atoms with E-state index in [0.29, 0.717) is 0 Å². The molecule has 0 unspecified atom stereocenters. The van der Waals surface area contributed by atoms with Crippen LogP contribution in [-0.4, -0.2) is 23.1 Å². The highest BCUT2D eigenvalue weighted by atomic mass is 35.5. The number of nitrogens with one attached hydrogen (secondary N) is 1. The first kappa shape index (κ1) is 13.2. The van der Waals surface area contributed by atoms with E-state index in [1.165, 1.54) is 12.8 Å². The van der Waals surface area contributed by atoms with Crippen LogP contribution in [0.1, 0.15) is 18.7 Å². The Bertz CT molecular complexity index is 591. The molecule has 104 valence electrons. The molecular formula is C15H17ClN4. The van der Waals surface area contributed by atoms with Gasteiger partial charge in [-0.05, 0) is 44.0 Å². The minimum Gasteiger partial charge on any atom is -0.356 e. The summed E-state index contributed by atoms with van der Waals surface area (Å²) in [6.07, 6.45) is 2.48. The van der Waals surface area contributed by atoms with E-state index in [4.69, 9.17) is 11.6 Å². The maximum atomic E-state index is 5.89. The van der Waals surface area contributed by atoms with Gasteiger partial charge in [-0.15, -0.1) is 0 Å². The Balaban J connectivity index is 1.83. The molecule has 1 N–H and O–H groups in total. The monoisotopic (exact) mass is 288 g/mol. The molecule has 20 heavy (non-hydrogen) atoms. The Morgan fingerprint density at radius 3 is 2.50 bits per heavy atom. The SMILES string of the molecule is Cc1nc(Nc2ccc(Cl)cc2)cc(N2CCCC2)n1. The molecule has 1 saturated heterocycles. The van der Waals surface area contributed by atoms with Crippen LogP contribution in [0, 0.1) is 6.92 Å². The molecule has 1 aliphatic rings. The predicted molar refractivity (Wildman–Crippen MR) is 83.0 cm³/mol. The number of benzene rings is 1. The van der Waals surface area contributed by atoms with Gasteiger partial charge in [0.25, 0.3) is 0 Å². The topological polar surface area (TPSA) is 41.1 Å². The first-order valence-electron chi connectivity index (χ1n) is 6.84. The van der Waals surface area contributed by atoms with Crippen molar-refractivity contribution in [1.29, 1.82) is 0 Å². The molecule has 5 heteroatoms. The third-order valence-corrected chi connectivity index (χ3v) is 3.62. The molecule has 1 aliphatic heterocycles. The Labute approximate surface area is 123 Å². The number of aryl methyl sites for hydroxylation is 1. The highest BCUT2D eigenvalue weighted by Gasteiger charge is 2.15. The first-order valence-corrected chi connectivity index (χ1v) is 7.22. The third-order valence-electron chi connectivity index (χ3n) is 3.37. The standard InChI is InChI=1S/C15H17ClN4/c1-11-17-14(19-13-6-4-12(16)5-7-13)10-15(18-11)20-8-2-3-9-20/h4-7,10H,2-3,8-9H2,1H3,(H,17,18,19). The zero-order valence-electron chi connectivity index (χ0n) is 11.4. The third kappa shape index (κ3) is 3.02. The van der Waals surface area contributed by atoms with Crippen LogP contribution in [0.15, 0.2) is 30.3 Å². The van der Waals surface area contributed by atoms with E-state index in [2.05, 4.69) is 20.2 Å². The van der Waals surface area contributed by atoms with Gasteiger partial charge in [0.05, 0.1) is 0 Å². The van der Waals surface area contributed by atoms with Gasteiger partial charge in [-0.2, -0.15) is 0 Å². The zero-order valence-corrected chi connectivity index (χ0v) is 12.2. The van der Waals surface area contributed by atoms with Crippen LogP contribution >= 0.6 is 11.6 Å². The summed E-state index contributed by atoms with van der Waals surface area (Å²) >= 11 is 5.89. The molecule has 0 amide bonds. The Morgan fingerprint density at radius 2 is 1.80 bits per heavy atom. The molecule has 4 nitrogen and oxygen atoms in total. The summed E-state index contributed by atoms with van der Waals surface area (Å²) in [6.45, 7) is 4.08. The van der Waals surface area contributed by atoms with Crippen molar-refractivity contribution in [3.05, 3.63) is 41.2 Å². The van der Waals surface area contributed by atoms with Gasteiger partial charge in [0.1, 0.15) is 17.5 Å². The van der Waals surface area contributed by atoms with Crippen molar-refractivity contribution < 1.29 is 0 Å². The van der Waals surface area contributed by atoms with Gasteiger partial charge in [0.2, 0.25) is 0 Å². The van der Waals surface area contributed by atoms with E-state index in [9.17, 15) is 0 Å². The second kappa shape index (κ2) is 5.67. The fourth-order valence-electron chi connectivity index (χ4n) is 2.41. The molecule has 2 aromatic rings. The summed E-state index contributed by atoms with van der Waals surface area (Å²) in [5.41, 5.74) is 0.972. The second-order valence-electron chi connectivity index (χ2n) is 4.98. The van der Waals surface area contributed by atoms with Crippen LogP contribution in [0.3, 0.4) is 0 Å². The van der Waals surface area contributed by atoms with Gasteiger partial charge in [-0.1, -0.05) is 11.6 Å². The van der Waals surface area contributed by atoms with Crippen molar-refractivity contribution in [3.8, 4) is 0 Å². The van der Waals surface area contributed by atoms with E-state index in [1.54, 1.807) is 0 Å². The highest BCUT2D eigenvalue weighted by molar-refractivity contribution is 6.30. The molecule has 0 saturated carbocycles. The minimum atomic E-state index is 0.729. The van der Waals surface area contributed by atoms with E-state index in [0.717, 1.165) is 41.3 Å². The summed E-state index contributed by atoms with van der Waals surface area (Å²) in [5.74, 6) is 2.61. The molecular weight excluding hydrogens is 272 g/mol. The summed E-state index contributed by atoms with van der Waals surface area (Å²) in [6, 6.07) is 9.61. The van der Waals surface area contributed by atoms with Crippen molar-refractivity contribution >= 4 is 28.9 Å². The Kier molecular flexibility index (Phi) is 3.74. The van der Waals surface area contributed by atoms with Crippen LogP contribution < -0.4 is 10.2 Å². The molecule has 0 aliphatic carbocycles. The lowest BCUT2D eigenvalue weighted by Gasteiger charge is -2.17. The van der Waals surface area contributed by atoms with Gasteiger partial charge in [0.15, 0.2) is 0 Å². The molecule has 0 bridgehead atoms. The average Bonchev–Trinajstić information content (AvgIpc) is 2.95. The van der Waals surface area contributed by atoms with E-state index < -0.39 is 0 Å². The van der Waals surface area contributed by atoms with E-state index >= 15 is 0 Å². The fraction of sp³-hybridized carbons (Fsp3) is 0.333. The average molecular weight is 289 g/mol. The van der Waals surface area contributed by atoms with Gasteiger partial charge >= 0.3 is 0 Å². The molecule has 0 atom stereocenters. The Hall–Kier alpha value is -1.81. The summed E-state index contributed by atoms with van der Waals surface area (Å²) in [7, 11) is 0. The summed E-state index contributed by atoms with van der Waals surface area (Å²) in [4.78, 5) is 11.3. The largest absolute Gasteiger partial charge is 0.356 e. The number of halogens is 1. The zero-order chi connectivity index (χ0) is 13.9. The number of anilines is 3. The predicted octanol–water partition coefficient (Wildman–Crippen LogP) is 3.78. The maximum absolute atomic E-state index is 5.89.